The van der Waals surface area contributed by atoms with Gasteiger partial charge in [0.1, 0.15) is 0 Å². The van der Waals surface area contributed by atoms with Gasteiger partial charge in [0, 0.05) is 73.0 Å². The molecule has 0 aliphatic rings. The SMILES string of the molecule is Brc1ccc(-c2ccccc2)nc1.CC(C)(C)c1ccc(-c2nc(-c3ccc(C(C)(C)C)cc3)nc(-c3ccc(-c4ccccc4)nc3)n2)cc1.CC(C)(C)c1ccc(-c2nc(Cl)nc(-c3ccc(C(C)(C)C)cc3)n2)cc1.OB(O)c1ccc(-c2ccccc2)nc1. The molecule has 0 atom stereocenters. The lowest BCUT2D eigenvalue weighted by molar-refractivity contribution is 0.425. The molecule has 0 spiro atoms. The Bertz CT molecular complexity index is 4180. The van der Waals surface area contributed by atoms with Crippen molar-refractivity contribution in [1.29, 1.82) is 0 Å². The van der Waals surface area contributed by atoms with Crippen molar-refractivity contribution >= 4 is 40.1 Å². The average Bonchev–Trinajstić information content (AvgIpc) is 1.13. The minimum atomic E-state index is -1.46. The van der Waals surface area contributed by atoms with E-state index in [1.165, 1.54) is 28.5 Å². The standard InChI is InChI=1S/C34H34N4.C23H26ClN3.C11H10BNO2.C11H8BrN/c1-33(2,3)27-17-12-24(13-18-27)30-36-31(25-14-19-28(20-15-25)34(4,5)6)38-32(37-30)26-16-21-29(35-22-26)23-10-8-7-9-11-23;1-22(2,3)17-11-7-15(8-12-17)19-25-20(27-21(24)26-19)16-9-13-18(14-10-16)23(4,5)6;14-12(15)10-6-7-11(13-8-10)9-4-2-1-3-5-9;12-10-6-7-11(13-8-10)9-4-2-1-3-5-9/h7-22H,1-6H3;7-14H,1-6H3;1-8,14-15H;1-8H. The summed E-state index contributed by atoms with van der Waals surface area (Å²) in [6.45, 7) is 26.5. The molecule has 7 aromatic carbocycles. The number of pyridine rings is 3. The second kappa shape index (κ2) is 30.0. The molecule has 93 heavy (non-hydrogen) atoms. The summed E-state index contributed by atoms with van der Waals surface area (Å²) in [5.74, 6) is 3.09. The van der Waals surface area contributed by atoms with Gasteiger partial charge in [-0.2, -0.15) is 9.97 Å². The van der Waals surface area contributed by atoms with Gasteiger partial charge in [0.15, 0.2) is 29.1 Å². The molecule has 11 nitrogen and oxygen atoms in total. The van der Waals surface area contributed by atoms with Gasteiger partial charge in [0.2, 0.25) is 5.28 Å². The molecule has 468 valence electrons. The summed E-state index contributed by atoms with van der Waals surface area (Å²) in [4.78, 5) is 41.1. The van der Waals surface area contributed by atoms with Crippen LogP contribution in [0.25, 0.3) is 90.7 Å². The third kappa shape index (κ3) is 19.0. The first-order valence-electron chi connectivity index (χ1n) is 30.9. The molecule has 0 aliphatic heterocycles. The molecule has 5 aromatic heterocycles. The van der Waals surface area contributed by atoms with Gasteiger partial charge >= 0.3 is 7.12 Å². The number of hydrogen-bond donors (Lipinski definition) is 2. The van der Waals surface area contributed by atoms with Crippen molar-refractivity contribution in [3.63, 3.8) is 0 Å². The van der Waals surface area contributed by atoms with Gasteiger partial charge in [0.25, 0.3) is 0 Å². The maximum Gasteiger partial charge on any atom is 0.490 e. The predicted molar refractivity (Wildman–Crippen MR) is 387 cm³/mol. The minimum absolute atomic E-state index is 0.0783. The van der Waals surface area contributed by atoms with Gasteiger partial charge in [-0.1, -0.05) is 277 Å². The smallest absolute Gasteiger partial charge is 0.423 e. The van der Waals surface area contributed by atoms with Crippen LogP contribution in [0.2, 0.25) is 5.28 Å². The van der Waals surface area contributed by atoms with E-state index < -0.39 is 7.12 Å². The zero-order valence-corrected chi connectivity index (χ0v) is 57.2. The van der Waals surface area contributed by atoms with E-state index in [-0.39, 0.29) is 26.9 Å². The molecule has 0 radical (unpaired) electrons. The Morgan fingerprint density at radius 2 is 0.559 bits per heavy atom. The van der Waals surface area contributed by atoms with Crippen molar-refractivity contribution in [3.8, 4) is 90.7 Å². The summed E-state index contributed by atoms with van der Waals surface area (Å²) in [6.07, 6.45) is 5.12. The summed E-state index contributed by atoms with van der Waals surface area (Å²) in [5, 5.41) is 18.0. The van der Waals surface area contributed by atoms with Crippen molar-refractivity contribution < 1.29 is 10.0 Å². The fourth-order valence-electron chi connectivity index (χ4n) is 9.65. The Labute approximate surface area is 562 Å². The number of benzene rings is 7. The number of hydrogen-bond acceptors (Lipinski definition) is 11. The van der Waals surface area contributed by atoms with Gasteiger partial charge in [-0.05, 0) is 102 Å². The fourth-order valence-corrected chi connectivity index (χ4v) is 10.0. The molecule has 0 bridgehead atoms. The van der Waals surface area contributed by atoms with Crippen molar-refractivity contribution in [3.05, 3.63) is 275 Å². The largest absolute Gasteiger partial charge is 0.490 e. The lowest BCUT2D eigenvalue weighted by Crippen LogP contribution is -2.29. The summed E-state index contributed by atoms with van der Waals surface area (Å²) in [5.41, 5.74) is 16.5. The van der Waals surface area contributed by atoms with Crippen LogP contribution in [-0.4, -0.2) is 62.0 Å². The van der Waals surface area contributed by atoms with Crippen molar-refractivity contribution in [2.45, 2.75) is 105 Å². The van der Waals surface area contributed by atoms with E-state index in [2.05, 4.69) is 221 Å². The highest BCUT2D eigenvalue weighted by atomic mass is 79.9. The van der Waals surface area contributed by atoms with E-state index in [9.17, 15) is 0 Å². The second-order valence-corrected chi connectivity index (χ2v) is 27.9. The molecule has 12 rings (SSSR count). The highest BCUT2D eigenvalue weighted by molar-refractivity contribution is 9.10. The van der Waals surface area contributed by atoms with Crippen LogP contribution in [0.4, 0.5) is 0 Å². The normalized spacial score (nSPS) is 11.4. The topological polar surface area (TPSA) is 156 Å². The van der Waals surface area contributed by atoms with Crippen LogP contribution in [0.1, 0.15) is 105 Å². The highest BCUT2D eigenvalue weighted by Crippen LogP contribution is 2.32. The van der Waals surface area contributed by atoms with E-state index in [0.717, 1.165) is 66.1 Å². The summed E-state index contributed by atoms with van der Waals surface area (Å²) in [6, 6.07) is 75.1. The number of aromatic nitrogens is 9. The Morgan fingerprint density at radius 3 is 0.817 bits per heavy atom. The van der Waals surface area contributed by atoms with Crippen LogP contribution in [0.5, 0.6) is 0 Å². The fraction of sp³-hybridized carbons (Fsp3) is 0.203. The van der Waals surface area contributed by atoms with Gasteiger partial charge in [-0.3, -0.25) is 15.0 Å². The Balaban J connectivity index is 0.000000160. The van der Waals surface area contributed by atoms with Crippen molar-refractivity contribution in [2.24, 2.45) is 0 Å². The molecule has 0 unspecified atom stereocenters. The zero-order chi connectivity index (χ0) is 66.5. The van der Waals surface area contributed by atoms with Gasteiger partial charge < -0.3 is 10.0 Å². The lowest BCUT2D eigenvalue weighted by Gasteiger charge is -2.19. The first-order valence-corrected chi connectivity index (χ1v) is 32.1. The van der Waals surface area contributed by atoms with E-state index in [1.807, 2.05) is 128 Å². The van der Waals surface area contributed by atoms with Crippen molar-refractivity contribution in [2.75, 3.05) is 0 Å². The quantitative estimate of drug-likeness (QED) is 0.133. The average molecular weight is 1310 g/mol. The van der Waals surface area contributed by atoms with Gasteiger partial charge in [-0.25, -0.2) is 19.9 Å². The van der Waals surface area contributed by atoms with Crippen LogP contribution in [0.3, 0.4) is 0 Å². The first-order chi connectivity index (χ1) is 44.2. The van der Waals surface area contributed by atoms with Gasteiger partial charge in [0.05, 0.1) is 17.1 Å². The molecular weight excluding hydrogens is 1230 g/mol. The molecule has 12 aromatic rings. The minimum Gasteiger partial charge on any atom is -0.423 e. The molecule has 14 heteroatoms. The second-order valence-electron chi connectivity index (χ2n) is 26.6. The van der Waals surface area contributed by atoms with Crippen LogP contribution in [0.15, 0.2) is 248 Å². The predicted octanol–water partition coefficient (Wildman–Crippen LogP) is 18.9. The summed E-state index contributed by atoms with van der Waals surface area (Å²) < 4.78 is 1.01. The monoisotopic (exact) mass is 1310 g/mol. The maximum absolute atomic E-state index is 8.90. The third-order valence-corrected chi connectivity index (χ3v) is 16.0. The summed E-state index contributed by atoms with van der Waals surface area (Å²) >= 11 is 9.55. The van der Waals surface area contributed by atoms with Crippen LogP contribution >= 0.6 is 27.5 Å². The number of nitrogens with zero attached hydrogens (tertiary/aromatic N) is 9. The molecular formula is C79H78BBrClN9O2. The molecule has 0 fully saturated rings. The Morgan fingerprint density at radius 1 is 0.290 bits per heavy atom. The Hall–Kier alpha value is -9.24. The third-order valence-electron chi connectivity index (χ3n) is 15.3. The maximum atomic E-state index is 8.90. The highest BCUT2D eigenvalue weighted by Gasteiger charge is 2.20. The molecule has 2 N–H and O–H groups in total. The summed E-state index contributed by atoms with van der Waals surface area (Å²) in [7, 11) is -1.46. The molecule has 5 heterocycles. The van der Waals surface area contributed by atoms with Crippen LogP contribution in [-0.2, 0) is 21.7 Å². The van der Waals surface area contributed by atoms with E-state index >= 15 is 0 Å². The van der Waals surface area contributed by atoms with E-state index in [4.69, 9.17) is 41.6 Å². The van der Waals surface area contributed by atoms with E-state index in [1.54, 1.807) is 12.1 Å². The molecule has 0 amide bonds. The van der Waals surface area contributed by atoms with E-state index in [0.29, 0.717) is 34.6 Å². The molecule has 0 saturated heterocycles. The van der Waals surface area contributed by atoms with Crippen LogP contribution in [0, 0.1) is 0 Å². The zero-order valence-electron chi connectivity index (χ0n) is 54.8. The molecule has 0 saturated carbocycles. The first kappa shape index (κ1) is 68.1. The lowest BCUT2D eigenvalue weighted by atomic mass is 9.81. The Kier molecular flexibility index (Phi) is 22.0. The number of halogens is 2. The van der Waals surface area contributed by atoms with Crippen molar-refractivity contribution in [1.82, 2.24) is 44.9 Å². The van der Waals surface area contributed by atoms with Crippen LogP contribution < -0.4 is 5.46 Å². The number of rotatable bonds is 9. The molecule has 0 aliphatic carbocycles. The van der Waals surface area contributed by atoms with Gasteiger partial charge in [-0.15, -0.1) is 0 Å².